The number of piperidine rings is 2. The monoisotopic (exact) mass is 372 g/mol. The van der Waals surface area contributed by atoms with Crippen molar-refractivity contribution in [1.29, 1.82) is 0 Å². The lowest BCUT2D eigenvalue weighted by molar-refractivity contribution is -0.142. The third-order valence-electron chi connectivity index (χ3n) is 6.36. The van der Waals surface area contributed by atoms with Crippen LogP contribution in [0, 0.1) is 5.41 Å². The molecule has 27 heavy (non-hydrogen) atoms. The summed E-state index contributed by atoms with van der Waals surface area (Å²) in [7, 11) is 0. The fourth-order valence-electron chi connectivity index (χ4n) is 4.50. The molecule has 0 unspecified atom stereocenters. The number of benzene rings is 1. The second-order valence-electron chi connectivity index (χ2n) is 8.29. The van der Waals surface area contributed by atoms with Gasteiger partial charge in [0.15, 0.2) is 0 Å². The highest BCUT2D eigenvalue weighted by atomic mass is 16.3. The summed E-state index contributed by atoms with van der Waals surface area (Å²) < 4.78 is 0. The van der Waals surface area contributed by atoms with Crippen molar-refractivity contribution in [3.05, 3.63) is 35.9 Å². The Balaban J connectivity index is 1.52. The Hall–Kier alpha value is -1.88. The Morgan fingerprint density at radius 2 is 1.89 bits per heavy atom. The first-order valence-electron chi connectivity index (χ1n) is 10.2. The number of hydrogen-bond donors (Lipinski definition) is 1. The molecule has 2 amide bonds. The Labute approximate surface area is 162 Å². The van der Waals surface area contributed by atoms with Gasteiger partial charge in [0.2, 0.25) is 11.8 Å². The SMILES string of the molecule is C[C@@H](CC(=O)N1CCC2(CCC(=O)N(CCCO)C2)CC1)c1ccccc1. The molecule has 148 valence electrons. The lowest BCUT2D eigenvalue weighted by Crippen LogP contribution is -2.52. The minimum absolute atomic E-state index is 0.124. The molecule has 0 bridgehead atoms. The van der Waals surface area contributed by atoms with Crippen molar-refractivity contribution < 1.29 is 14.7 Å². The number of carbonyl (C=O) groups excluding carboxylic acids is 2. The summed E-state index contributed by atoms with van der Waals surface area (Å²) in [4.78, 5) is 28.8. The third kappa shape index (κ3) is 4.89. The van der Waals surface area contributed by atoms with E-state index in [9.17, 15) is 9.59 Å². The Morgan fingerprint density at radius 3 is 2.56 bits per heavy atom. The first kappa shape index (κ1) is 19.9. The molecule has 2 saturated heterocycles. The molecule has 1 spiro atoms. The van der Waals surface area contributed by atoms with E-state index in [1.54, 1.807) is 0 Å². The molecule has 1 atom stereocenters. The van der Waals surface area contributed by atoms with E-state index >= 15 is 0 Å². The summed E-state index contributed by atoms with van der Waals surface area (Å²) in [5, 5.41) is 9.05. The highest BCUT2D eigenvalue weighted by Crippen LogP contribution is 2.40. The molecule has 5 nitrogen and oxygen atoms in total. The van der Waals surface area contributed by atoms with Gasteiger partial charge in [-0.1, -0.05) is 37.3 Å². The van der Waals surface area contributed by atoms with Crippen LogP contribution in [0.5, 0.6) is 0 Å². The number of likely N-dealkylation sites (tertiary alicyclic amines) is 2. The van der Waals surface area contributed by atoms with E-state index < -0.39 is 0 Å². The standard InChI is InChI=1S/C22H32N2O3/c1-18(19-6-3-2-4-7-19)16-21(27)23-13-10-22(11-14-23)9-8-20(26)24(17-22)12-5-15-25/h2-4,6-7,18,25H,5,8-17H2,1H3/t18-/m0/s1. The molecule has 2 fully saturated rings. The van der Waals surface area contributed by atoms with E-state index in [-0.39, 0.29) is 29.8 Å². The molecule has 2 heterocycles. The number of nitrogens with zero attached hydrogens (tertiary/aromatic N) is 2. The van der Waals surface area contributed by atoms with Crippen molar-refractivity contribution in [2.24, 2.45) is 5.41 Å². The van der Waals surface area contributed by atoms with Gasteiger partial charge in [0, 0.05) is 45.6 Å². The molecule has 5 heteroatoms. The maximum absolute atomic E-state index is 12.7. The third-order valence-corrected chi connectivity index (χ3v) is 6.36. The molecule has 0 aliphatic carbocycles. The van der Waals surface area contributed by atoms with Crippen molar-refractivity contribution in [3.8, 4) is 0 Å². The van der Waals surface area contributed by atoms with Gasteiger partial charge in [0.25, 0.3) is 0 Å². The van der Waals surface area contributed by atoms with Gasteiger partial charge in [0.05, 0.1) is 0 Å². The zero-order chi connectivity index (χ0) is 19.3. The molecule has 1 aromatic rings. The maximum Gasteiger partial charge on any atom is 0.223 e. The second kappa shape index (κ2) is 8.87. The van der Waals surface area contributed by atoms with Crippen LogP contribution in [0.1, 0.15) is 56.9 Å². The van der Waals surface area contributed by atoms with Gasteiger partial charge in [-0.25, -0.2) is 0 Å². The van der Waals surface area contributed by atoms with Crippen LogP contribution < -0.4 is 0 Å². The molecule has 1 aromatic carbocycles. The summed E-state index contributed by atoms with van der Waals surface area (Å²) in [6.07, 6.45) is 4.68. The van der Waals surface area contributed by atoms with Crippen LogP contribution in [-0.2, 0) is 9.59 Å². The molecular weight excluding hydrogens is 340 g/mol. The van der Waals surface area contributed by atoms with Gasteiger partial charge < -0.3 is 14.9 Å². The van der Waals surface area contributed by atoms with Crippen LogP contribution in [0.3, 0.4) is 0 Å². The van der Waals surface area contributed by atoms with Crippen molar-refractivity contribution in [3.63, 3.8) is 0 Å². The summed E-state index contributed by atoms with van der Waals surface area (Å²) in [5.74, 6) is 0.686. The van der Waals surface area contributed by atoms with Crippen molar-refractivity contribution >= 4 is 11.8 Å². The smallest absolute Gasteiger partial charge is 0.223 e. The first-order chi connectivity index (χ1) is 13.0. The highest BCUT2D eigenvalue weighted by molar-refractivity contribution is 5.78. The first-order valence-corrected chi connectivity index (χ1v) is 10.2. The zero-order valence-electron chi connectivity index (χ0n) is 16.4. The van der Waals surface area contributed by atoms with Gasteiger partial charge in [0.1, 0.15) is 0 Å². The summed E-state index contributed by atoms with van der Waals surface area (Å²) >= 11 is 0. The number of aliphatic hydroxyl groups is 1. The van der Waals surface area contributed by atoms with E-state index in [1.807, 2.05) is 28.0 Å². The summed E-state index contributed by atoms with van der Waals surface area (Å²) in [6, 6.07) is 10.2. The molecule has 2 aliphatic heterocycles. The quantitative estimate of drug-likeness (QED) is 0.835. The van der Waals surface area contributed by atoms with Crippen LogP contribution in [0.15, 0.2) is 30.3 Å². The molecule has 3 rings (SSSR count). The number of aliphatic hydroxyl groups excluding tert-OH is 1. The van der Waals surface area contributed by atoms with Crippen molar-refractivity contribution in [2.45, 2.75) is 51.4 Å². The van der Waals surface area contributed by atoms with Crippen LogP contribution in [0.4, 0.5) is 0 Å². The second-order valence-corrected chi connectivity index (χ2v) is 8.29. The van der Waals surface area contributed by atoms with E-state index in [2.05, 4.69) is 19.1 Å². The lowest BCUT2D eigenvalue weighted by atomic mass is 9.72. The fraction of sp³-hybridized carbons (Fsp3) is 0.636. The maximum atomic E-state index is 12.7. The predicted octanol–water partition coefficient (Wildman–Crippen LogP) is 2.79. The summed E-state index contributed by atoms with van der Waals surface area (Å²) in [6.45, 7) is 5.26. The van der Waals surface area contributed by atoms with Gasteiger partial charge in [-0.05, 0) is 42.6 Å². The average Bonchev–Trinajstić information content (AvgIpc) is 2.70. The minimum Gasteiger partial charge on any atom is -0.396 e. The van der Waals surface area contributed by atoms with Gasteiger partial charge in [-0.2, -0.15) is 0 Å². The summed E-state index contributed by atoms with van der Waals surface area (Å²) in [5.41, 5.74) is 1.37. The molecule has 2 aliphatic rings. The van der Waals surface area contributed by atoms with Gasteiger partial charge in [-0.3, -0.25) is 9.59 Å². The van der Waals surface area contributed by atoms with E-state index in [0.717, 1.165) is 38.9 Å². The van der Waals surface area contributed by atoms with Gasteiger partial charge >= 0.3 is 0 Å². The van der Waals surface area contributed by atoms with Crippen LogP contribution >= 0.6 is 0 Å². The van der Waals surface area contributed by atoms with E-state index in [1.165, 1.54) is 5.56 Å². The predicted molar refractivity (Wildman–Crippen MR) is 105 cm³/mol. The molecule has 0 radical (unpaired) electrons. The molecular formula is C22H32N2O3. The number of carbonyl (C=O) groups is 2. The fourth-order valence-corrected chi connectivity index (χ4v) is 4.50. The molecule has 1 N–H and O–H groups in total. The zero-order valence-corrected chi connectivity index (χ0v) is 16.4. The van der Waals surface area contributed by atoms with Crippen LogP contribution in [-0.4, -0.2) is 59.5 Å². The van der Waals surface area contributed by atoms with Crippen molar-refractivity contribution in [1.82, 2.24) is 9.80 Å². The molecule has 0 saturated carbocycles. The average molecular weight is 373 g/mol. The number of hydrogen-bond acceptors (Lipinski definition) is 3. The topological polar surface area (TPSA) is 60.9 Å². The Kier molecular flexibility index (Phi) is 6.53. The number of amides is 2. The normalized spacial score (nSPS) is 20.7. The Bertz CT molecular complexity index is 638. The largest absolute Gasteiger partial charge is 0.396 e. The number of rotatable bonds is 6. The Morgan fingerprint density at radius 1 is 1.19 bits per heavy atom. The van der Waals surface area contributed by atoms with Crippen LogP contribution in [0.2, 0.25) is 0 Å². The van der Waals surface area contributed by atoms with Gasteiger partial charge in [-0.15, -0.1) is 0 Å². The van der Waals surface area contributed by atoms with E-state index in [0.29, 0.717) is 25.8 Å². The highest BCUT2D eigenvalue weighted by Gasteiger charge is 2.41. The lowest BCUT2D eigenvalue weighted by Gasteiger charge is -2.47. The molecule has 0 aromatic heterocycles. The van der Waals surface area contributed by atoms with E-state index in [4.69, 9.17) is 5.11 Å². The van der Waals surface area contributed by atoms with Crippen molar-refractivity contribution in [2.75, 3.05) is 32.8 Å². The minimum atomic E-state index is 0.124. The van der Waals surface area contributed by atoms with Crippen LogP contribution in [0.25, 0.3) is 0 Å².